The first-order valence-electron chi connectivity index (χ1n) is 6.60. The molecule has 2 rings (SSSR count). The third kappa shape index (κ3) is 4.10. The Morgan fingerprint density at radius 3 is 3.25 bits per heavy atom. The van der Waals surface area contributed by atoms with Gasteiger partial charge in [0.2, 0.25) is 0 Å². The van der Waals surface area contributed by atoms with Gasteiger partial charge in [0.05, 0.1) is 24.9 Å². The normalized spacial score (nSPS) is 17.8. The summed E-state index contributed by atoms with van der Waals surface area (Å²) in [7, 11) is 0. The van der Waals surface area contributed by atoms with Gasteiger partial charge in [0.15, 0.2) is 5.96 Å². The number of thioether (sulfide) groups is 1. The zero-order valence-electron chi connectivity index (χ0n) is 11.3. The molecule has 0 aliphatic carbocycles. The fraction of sp³-hybridized carbons (Fsp3) is 0.400. The Bertz CT molecular complexity index is 510. The van der Waals surface area contributed by atoms with E-state index in [1.807, 2.05) is 18.2 Å². The second-order valence-corrected chi connectivity index (χ2v) is 5.50. The van der Waals surface area contributed by atoms with Gasteiger partial charge in [-0.2, -0.15) is 0 Å². The predicted octanol–water partition coefficient (Wildman–Crippen LogP) is 1.78. The highest BCUT2D eigenvalue weighted by atomic mass is 32.2. The van der Waals surface area contributed by atoms with E-state index in [-0.39, 0.29) is 6.04 Å². The van der Waals surface area contributed by atoms with Gasteiger partial charge in [0.1, 0.15) is 5.75 Å². The number of ether oxygens (including phenoxy) is 1. The summed E-state index contributed by atoms with van der Waals surface area (Å²) < 4.78 is 5.62. The van der Waals surface area contributed by atoms with E-state index in [1.54, 1.807) is 11.8 Å². The van der Waals surface area contributed by atoms with Gasteiger partial charge in [-0.1, -0.05) is 24.1 Å². The van der Waals surface area contributed by atoms with Crippen LogP contribution in [0.3, 0.4) is 0 Å². The van der Waals surface area contributed by atoms with E-state index in [0.29, 0.717) is 19.1 Å². The molecule has 0 radical (unpaired) electrons. The molecule has 1 aliphatic heterocycles. The van der Waals surface area contributed by atoms with E-state index in [9.17, 15) is 0 Å². The zero-order chi connectivity index (χ0) is 14.2. The Morgan fingerprint density at radius 2 is 2.40 bits per heavy atom. The van der Waals surface area contributed by atoms with Crippen LogP contribution < -0.4 is 15.8 Å². The molecular formula is C15H19N3OS. The van der Waals surface area contributed by atoms with Crippen molar-refractivity contribution in [2.45, 2.75) is 12.5 Å². The second-order valence-electron chi connectivity index (χ2n) is 4.40. The molecular weight excluding hydrogens is 270 g/mol. The van der Waals surface area contributed by atoms with Crippen molar-refractivity contribution in [2.75, 3.05) is 24.7 Å². The molecule has 5 heteroatoms. The topological polar surface area (TPSA) is 59.6 Å². The minimum absolute atomic E-state index is 0.169. The van der Waals surface area contributed by atoms with Crippen molar-refractivity contribution in [1.29, 1.82) is 0 Å². The minimum Gasteiger partial charge on any atom is -0.493 e. The lowest BCUT2D eigenvalue weighted by atomic mass is 10.0. The first-order chi connectivity index (χ1) is 9.81. The quantitative estimate of drug-likeness (QED) is 0.375. The Balaban J connectivity index is 1.87. The van der Waals surface area contributed by atoms with E-state index in [2.05, 4.69) is 22.3 Å². The smallest absolute Gasteiger partial charge is 0.189 e. The van der Waals surface area contributed by atoms with Crippen LogP contribution in [-0.4, -0.2) is 30.6 Å². The molecule has 1 aliphatic rings. The summed E-state index contributed by atoms with van der Waals surface area (Å²) in [5.41, 5.74) is 7.06. The molecule has 0 saturated carbocycles. The Hall–Kier alpha value is -1.80. The molecule has 0 aromatic heterocycles. The van der Waals surface area contributed by atoms with Gasteiger partial charge in [0.25, 0.3) is 0 Å². The van der Waals surface area contributed by atoms with Gasteiger partial charge in [0, 0.05) is 17.7 Å². The molecule has 0 amide bonds. The first kappa shape index (κ1) is 14.6. The standard InChI is InChI=1S/C15H19N3OS/c1-2-10-20-11-8-17-15(16)18-13-7-9-19-14-6-4-3-5-12(13)14/h1,3-6,13H,7-11H2,(H3,16,17,18). The molecule has 0 fully saturated rings. The predicted molar refractivity (Wildman–Crippen MR) is 85.1 cm³/mol. The Morgan fingerprint density at radius 1 is 1.55 bits per heavy atom. The van der Waals surface area contributed by atoms with Crippen molar-refractivity contribution in [1.82, 2.24) is 5.32 Å². The highest BCUT2D eigenvalue weighted by molar-refractivity contribution is 7.99. The summed E-state index contributed by atoms with van der Waals surface area (Å²) in [4.78, 5) is 4.32. The molecule has 1 atom stereocenters. The lowest BCUT2D eigenvalue weighted by Crippen LogP contribution is -2.37. The number of hydrogen-bond acceptors (Lipinski definition) is 3. The number of nitrogens with two attached hydrogens (primary N) is 1. The number of aliphatic imine (C=N–C) groups is 1. The van der Waals surface area contributed by atoms with Gasteiger partial charge < -0.3 is 15.8 Å². The van der Waals surface area contributed by atoms with Gasteiger partial charge in [-0.05, 0) is 6.07 Å². The molecule has 20 heavy (non-hydrogen) atoms. The van der Waals surface area contributed by atoms with Crippen molar-refractivity contribution in [3.8, 4) is 18.1 Å². The highest BCUT2D eigenvalue weighted by Gasteiger charge is 2.20. The molecule has 3 N–H and O–H groups in total. The molecule has 4 nitrogen and oxygen atoms in total. The fourth-order valence-electron chi connectivity index (χ4n) is 2.08. The maximum Gasteiger partial charge on any atom is 0.189 e. The van der Waals surface area contributed by atoms with Crippen LogP contribution in [-0.2, 0) is 0 Å². The number of nitrogens with one attached hydrogen (secondary N) is 1. The summed E-state index contributed by atoms with van der Waals surface area (Å²) in [6.07, 6.45) is 6.07. The SMILES string of the molecule is C#CCSCCN=C(N)NC1CCOc2ccccc21. The van der Waals surface area contributed by atoms with E-state index >= 15 is 0 Å². The highest BCUT2D eigenvalue weighted by Crippen LogP contribution is 2.31. The molecule has 0 saturated heterocycles. The average Bonchev–Trinajstić information content (AvgIpc) is 2.47. The van der Waals surface area contributed by atoms with Gasteiger partial charge >= 0.3 is 0 Å². The zero-order valence-corrected chi connectivity index (χ0v) is 12.2. The molecule has 0 spiro atoms. The minimum atomic E-state index is 0.169. The monoisotopic (exact) mass is 289 g/mol. The number of fused-ring (bicyclic) bond motifs is 1. The summed E-state index contributed by atoms with van der Waals surface area (Å²) in [6, 6.07) is 8.18. The maximum absolute atomic E-state index is 5.92. The number of hydrogen-bond donors (Lipinski definition) is 2. The van der Waals surface area contributed by atoms with Gasteiger partial charge in [-0.15, -0.1) is 18.2 Å². The summed E-state index contributed by atoms with van der Waals surface area (Å²) >= 11 is 1.68. The van der Waals surface area contributed by atoms with Gasteiger partial charge in [-0.3, -0.25) is 4.99 Å². The van der Waals surface area contributed by atoms with E-state index in [4.69, 9.17) is 16.9 Å². The third-order valence-electron chi connectivity index (χ3n) is 2.98. The molecule has 1 heterocycles. The van der Waals surface area contributed by atoms with Crippen LogP contribution >= 0.6 is 11.8 Å². The molecule has 1 aromatic rings. The molecule has 1 aromatic carbocycles. The largest absolute Gasteiger partial charge is 0.493 e. The number of rotatable bonds is 5. The lowest BCUT2D eigenvalue weighted by Gasteiger charge is -2.26. The van der Waals surface area contributed by atoms with Crippen molar-refractivity contribution >= 4 is 17.7 Å². The summed E-state index contributed by atoms with van der Waals surface area (Å²) in [5, 5.41) is 3.26. The van der Waals surface area contributed by atoms with E-state index < -0.39 is 0 Å². The number of nitrogens with zero attached hydrogens (tertiary/aromatic N) is 1. The van der Waals surface area contributed by atoms with Crippen LogP contribution in [0.1, 0.15) is 18.0 Å². The van der Waals surface area contributed by atoms with Crippen LogP contribution in [0.5, 0.6) is 5.75 Å². The van der Waals surface area contributed by atoms with E-state index in [0.717, 1.165) is 29.2 Å². The van der Waals surface area contributed by atoms with Crippen molar-refractivity contribution < 1.29 is 4.74 Å². The Kier molecular flexibility index (Phi) is 5.63. The molecule has 1 unspecified atom stereocenters. The first-order valence-corrected chi connectivity index (χ1v) is 7.76. The van der Waals surface area contributed by atoms with Crippen molar-refractivity contribution in [3.05, 3.63) is 29.8 Å². The molecule has 0 bridgehead atoms. The third-order valence-corrected chi connectivity index (χ3v) is 3.83. The second kappa shape index (κ2) is 7.71. The average molecular weight is 289 g/mol. The van der Waals surface area contributed by atoms with Crippen LogP contribution in [0.15, 0.2) is 29.3 Å². The summed E-state index contributed by atoms with van der Waals surface area (Å²) in [5.74, 6) is 5.59. The Labute approximate surface area is 124 Å². The maximum atomic E-state index is 5.92. The van der Waals surface area contributed by atoms with Gasteiger partial charge in [-0.25, -0.2) is 0 Å². The van der Waals surface area contributed by atoms with Crippen molar-refractivity contribution in [3.63, 3.8) is 0 Å². The number of terminal acetylenes is 1. The summed E-state index contributed by atoms with van der Waals surface area (Å²) in [6.45, 7) is 1.37. The van der Waals surface area contributed by atoms with Crippen LogP contribution in [0.2, 0.25) is 0 Å². The number of guanidine groups is 1. The lowest BCUT2D eigenvalue weighted by molar-refractivity contribution is 0.262. The number of para-hydroxylation sites is 1. The van der Waals surface area contributed by atoms with E-state index in [1.165, 1.54) is 0 Å². The number of benzene rings is 1. The molecule has 106 valence electrons. The fourth-order valence-corrected chi connectivity index (χ4v) is 2.56. The van der Waals surface area contributed by atoms with Crippen LogP contribution in [0, 0.1) is 12.3 Å². The van der Waals surface area contributed by atoms with Crippen LogP contribution in [0.25, 0.3) is 0 Å². The van der Waals surface area contributed by atoms with Crippen LogP contribution in [0.4, 0.5) is 0 Å². The van der Waals surface area contributed by atoms with Crippen molar-refractivity contribution in [2.24, 2.45) is 10.7 Å².